The summed E-state index contributed by atoms with van der Waals surface area (Å²) in [5, 5.41) is 0. The Balaban J connectivity index is 2.76. The van der Waals surface area contributed by atoms with Crippen LogP contribution in [-0.2, 0) is 0 Å². The zero-order valence-corrected chi connectivity index (χ0v) is 9.32. The van der Waals surface area contributed by atoms with Gasteiger partial charge in [0.2, 0.25) is 0 Å². The predicted molar refractivity (Wildman–Crippen MR) is 61.0 cm³/mol. The quantitative estimate of drug-likeness (QED) is 0.459. The minimum atomic E-state index is 0.996. The van der Waals surface area contributed by atoms with Crippen LogP contribution in [0.25, 0.3) is 0 Å². The van der Waals surface area contributed by atoms with Gasteiger partial charge in [-0.2, -0.15) is 0 Å². The summed E-state index contributed by atoms with van der Waals surface area (Å²) < 4.78 is 1.21. The molecular formula is C9H11IN2. The van der Waals surface area contributed by atoms with Crippen molar-refractivity contribution in [3.05, 3.63) is 27.8 Å². The Morgan fingerprint density at radius 3 is 2.75 bits per heavy atom. The van der Waals surface area contributed by atoms with E-state index in [0.29, 0.717) is 0 Å². The van der Waals surface area contributed by atoms with Crippen molar-refractivity contribution in [3.63, 3.8) is 0 Å². The first-order valence-corrected chi connectivity index (χ1v) is 4.72. The highest BCUT2D eigenvalue weighted by molar-refractivity contribution is 14.1. The third-order valence-electron chi connectivity index (χ3n) is 1.25. The molecule has 0 bridgehead atoms. The van der Waals surface area contributed by atoms with Crippen LogP contribution in [0.4, 0.5) is 5.69 Å². The summed E-state index contributed by atoms with van der Waals surface area (Å²) in [6.45, 7) is 0. The molecule has 1 aromatic carbocycles. The Morgan fingerprint density at radius 2 is 2.17 bits per heavy atom. The third kappa shape index (κ3) is 3.21. The van der Waals surface area contributed by atoms with Gasteiger partial charge in [0.1, 0.15) is 0 Å². The van der Waals surface area contributed by atoms with Crippen LogP contribution in [0.15, 0.2) is 29.3 Å². The lowest BCUT2D eigenvalue weighted by Crippen LogP contribution is -2.06. The van der Waals surface area contributed by atoms with Gasteiger partial charge >= 0.3 is 0 Å². The summed E-state index contributed by atoms with van der Waals surface area (Å²) in [6, 6.07) is 8.09. The topological polar surface area (TPSA) is 15.6 Å². The van der Waals surface area contributed by atoms with Crippen LogP contribution < -0.4 is 0 Å². The molecule has 1 aromatic rings. The fourth-order valence-electron chi connectivity index (χ4n) is 0.739. The molecule has 0 aromatic heterocycles. The third-order valence-corrected chi connectivity index (χ3v) is 1.92. The predicted octanol–water partition coefficient (Wildman–Crippen LogP) is 2.51. The van der Waals surface area contributed by atoms with Crippen LogP contribution in [0.1, 0.15) is 0 Å². The van der Waals surface area contributed by atoms with Crippen LogP contribution in [0.3, 0.4) is 0 Å². The molecular weight excluding hydrogens is 263 g/mol. The number of rotatable bonds is 2. The second kappa shape index (κ2) is 4.45. The SMILES string of the molecule is CN(C)C=Nc1cccc(I)c1. The monoisotopic (exact) mass is 274 g/mol. The number of benzene rings is 1. The molecule has 0 aliphatic heterocycles. The largest absolute Gasteiger partial charge is 0.369 e. The maximum absolute atomic E-state index is 4.26. The highest BCUT2D eigenvalue weighted by Crippen LogP contribution is 2.14. The van der Waals surface area contributed by atoms with Gasteiger partial charge in [0.25, 0.3) is 0 Å². The summed E-state index contributed by atoms with van der Waals surface area (Å²) in [5.41, 5.74) is 0.996. The lowest BCUT2D eigenvalue weighted by atomic mass is 10.3. The molecule has 1 rings (SSSR count). The molecule has 0 aliphatic rings. The Labute approximate surface area is 86.4 Å². The number of halogens is 1. The normalized spacial score (nSPS) is 10.6. The summed E-state index contributed by atoms with van der Waals surface area (Å²) in [5.74, 6) is 0. The second-order valence-electron chi connectivity index (χ2n) is 2.69. The molecule has 0 spiro atoms. The molecule has 0 saturated carbocycles. The standard InChI is InChI=1S/C9H11IN2/c1-12(2)7-11-9-5-3-4-8(10)6-9/h3-7H,1-2H3. The molecule has 0 unspecified atom stereocenters. The van der Waals surface area contributed by atoms with Crippen molar-refractivity contribution in [2.75, 3.05) is 14.1 Å². The van der Waals surface area contributed by atoms with Gasteiger partial charge in [0.15, 0.2) is 0 Å². The molecule has 0 amide bonds. The minimum absolute atomic E-state index is 0.996. The van der Waals surface area contributed by atoms with E-state index in [-0.39, 0.29) is 0 Å². The van der Waals surface area contributed by atoms with Crippen LogP contribution in [0.2, 0.25) is 0 Å². The number of nitrogens with zero attached hydrogens (tertiary/aromatic N) is 2. The zero-order chi connectivity index (χ0) is 8.97. The number of hydrogen-bond acceptors (Lipinski definition) is 1. The van der Waals surface area contributed by atoms with Crippen molar-refractivity contribution < 1.29 is 0 Å². The van der Waals surface area contributed by atoms with Crippen LogP contribution in [0.5, 0.6) is 0 Å². The van der Waals surface area contributed by atoms with Crippen molar-refractivity contribution in [2.45, 2.75) is 0 Å². The van der Waals surface area contributed by atoms with E-state index in [1.807, 2.05) is 37.2 Å². The molecule has 64 valence electrons. The zero-order valence-electron chi connectivity index (χ0n) is 7.16. The molecule has 2 nitrogen and oxygen atoms in total. The number of aliphatic imine (C=N–C) groups is 1. The van der Waals surface area contributed by atoms with Crippen LogP contribution in [-0.4, -0.2) is 25.3 Å². The smallest absolute Gasteiger partial charge is 0.0907 e. The van der Waals surface area contributed by atoms with Gasteiger partial charge in [-0.3, -0.25) is 0 Å². The van der Waals surface area contributed by atoms with Gasteiger partial charge in [0.05, 0.1) is 12.0 Å². The van der Waals surface area contributed by atoms with Crippen LogP contribution in [0, 0.1) is 3.57 Å². The molecule has 0 aliphatic carbocycles. The second-order valence-corrected chi connectivity index (χ2v) is 3.93. The van der Waals surface area contributed by atoms with E-state index in [0.717, 1.165) is 5.69 Å². The molecule has 0 fully saturated rings. The van der Waals surface area contributed by atoms with Crippen molar-refractivity contribution >= 4 is 34.6 Å². The maximum atomic E-state index is 4.26. The molecule has 0 heterocycles. The average Bonchev–Trinajstić information content (AvgIpc) is 2.01. The highest BCUT2D eigenvalue weighted by atomic mass is 127. The average molecular weight is 274 g/mol. The van der Waals surface area contributed by atoms with Gasteiger partial charge in [-0.25, -0.2) is 4.99 Å². The van der Waals surface area contributed by atoms with Crippen molar-refractivity contribution in [2.24, 2.45) is 4.99 Å². The van der Waals surface area contributed by atoms with E-state index < -0.39 is 0 Å². The Kier molecular flexibility index (Phi) is 3.52. The van der Waals surface area contributed by atoms with E-state index in [1.54, 1.807) is 6.34 Å². The van der Waals surface area contributed by atoms with Gasteiger partial charge in [0, 0.05) is 17.7 Å². The molecule has 0 radical (unpaired) electrons. The summed E-state index contributed by atoms with van der Waals surface area (Å²) in [7, 11) is 3.91. The van der Waals surface area contributed by atoms with Crippen LogP contribution >= 0.6 is 22.6 Å². The van der Waals surface area contributed by atoms with Gasteiger partial charge in [-0.1, -0.05) is 6.07 Å². The van der Waals surface area contributed by atoms with E-state index in [1.165, 1.54) is 3.57 Å². The lowest BCUT2D eigenvalue weighted by molar-refractivity contribution is 0.643. The first kappa shape index (κ1) is 9.51. The van der Waals surface area contributed by atoms with Gasteiger partial charge in [-0.15, -0.1) is 0 Å². The van der Waals surface area contributed by atoms with E-state index in [2.05, 4.69) is 33.6 Å². The summed E-state index contributed by atoms with van der Waals surface area (Å²) >= 11 is 2.27. The maximum Gasteiger partial charge on any atom is 0.0907 e. The molecule has 0 atom stereocenters. The number of hydrogen-bond donors (Lipinski definition) is 0. The van der Waals surface area contributed by atoms with Gasteiger partial charge < -0.3 is 4.90 Å². The van der Waals surface area contributed by atoms with Crippen molar-refractivity contribution in [3.8, 4) is 0 Å². The Bertz CT molecular complexity index is 282. The van der Waals surface area contributed by atoms with Gasteiger partial charge in [-0.05, 0) is 40.8 Å². The molecule has 12 heavy (non-hydrogen) atoms. The first-order chi connectivity index (χ1) is 5.68. The van der Waals surface area contributed by atoms with Crippen molar-refractivity contribution in [1.82, 2.24) is 4.90 Å². The molecule has 0 N–H and O–H groups in total. The lowest BCUT2D eigenvalue weighted by Gasteiger charge is -2.01. The summed E-state index contributed by atoms with van der Waals surface area (Å²) in [4.78, 5) is 6.18. The Hall–Kier alpha value is -0.580. The molecule has 3 heteroatoms. The van der Waals surface area contributed by atoms with E-state index in [4.69, 9.17) is 0 Å². The highest BCUT2D eigenvalue weighted by Gasteiger charge is 1.88. The Morgan fingerprint density at radius 1 is 1.42 bits per heavy atom. The fourth-order valence-corrected chi connectivity index (χ4v) is 1.27. The molecule has 0 saturated heterocycles. The fraction of sp³-hybridized carbons (Fsp3) is 0.222. The summed E-state index contributed by atoms with van der Waals surface area (Å²) in [6.07, 6.45) is 1.80. The first-order valence-electron chi connectivity index (χ1n) is 3.64. The minimum Gasteiger partial charge on any atom is -0.369 e. The van der Waals surface area contributed by atoms with E-state index >= 15 is 0 Å². The van der Waals surface area contributed by atoms with E-state index in [9.17, 15) is 0 Å². The van der Waals surface area contributed by atoms with Crippen molar-refractivity contribution in [1.29, 1.82) is 0 Å².